The van der Waals surface area contributed by atoms with E-state index in [0.717, 1.165) is 28.9 Å². The van der Waals surface area contributed by atoms with E-state index in [9.17, 15) is 9.59 Å². The van der Waals surface area contributed by atoms with Crippen LogP contribution in [-0.4, -0.2) is 32.0 Å². The fourth-order valence-electron chi connectivity index (χ4n) is 3.55. The number of hydrogen-bond acceptors (Lipinski definition) is 4. The molecule has 2 heterocycles. The summed E-state index contributed by atoms with van der Waals surface area (Å²) in [6.07, 6.45) is 1.90. The number of carbonyl (C=O) groups excluding carboxylic acids is 1. The fraction of sp³-hybridized carbons (Fsp3) is 0.478. The van der Waals surface area contributed by atoms with Crippen LogP contribution in [0.5, 0.6) is 0 Å². The zero-order valence-corrected chi connectivity index (χ0v) is 18.5. The van der Waals surface area contributed by atoms with Crippen molar-refractivity contribution >= 4 is 16.8 Å². The van der Waals surface area contributed by atoms with Crippen molar-refractivity contribution in [1.82, 2.24) is 24.9 Å². The van der Waals surface area contributed by atoms with Crippen molar-refractivity contribution in [2.75, 3.05) is 6.54 Å². The number of nitrogens with zero attached hydrogens (tertiary/aromatic N) is 4. The molecule has 7 heteroatoms. The van der Waals surface area contributed by atoms with Gasteiger partial charge in [-0.15, -0.1) is 0 Å². The minimum Gasteiger partial charge on any atom is -0.356 e. The highest BCUT2D eigenvalue weighted by Gasteiger charge is 2.17. The number of hydrogen-bond donors (Lipinski definition) is 1. The van der Waals surface area contributed by atoms with Crippen molar-refractivity contribution in [3.05, 3.63) is 51.6 Å². The van der Waals surface area contributed by atoms with Crippen LogP contribution in [0.2, 0.25) is 0 Å². The Labute approximate surface area is 177 Å². The highest BCUT2D eigenvalue weighted by Crippen LogP contribution is 2.21. The SMILES string of the molecule is Cc1ccc(-n2nc3c(=O)n(CCCC(=O)NCCC(C)C)nc(C)c3c2C)cc1. The van der Waals surface area contributed by atoms with Gasteiger partial charge in [0.05, 0.1) is 22.5 Å². The van der Waals surface area contributed by atoms with Gasteiger partial charge in [0.15, 0.2) is 5.52 Å². The molecule has 1 aromatic carbocycles. The molecule has 0 radical (unpaired) electrons. The molecule has 0 spiro atoms. The highest BCUT2D eigenvalue weighted by molar-refractivity contribution is 5.83. The minimum atomic E-state index is -0.218. The van der Waals surface area contributed by atoms with Crippen LogP contribution in [0.1, 0.15) is 50.1 Å². The molecular formula is C23H31N5O2. The summed E-state index contributed by atoms with van der Waals surface area (Å²) in [5.74, 6) is 0.576. The van der Waals surface area contributed by atoms with Gasteiger partial charge in [0, 0.05) is 19.5 Å². The Morgan fingerprint density at radius 3 is 2.47 bits per heavy atom. The molecule has 0 saturated heterocycles. The Bertz CT molecular complexity index is 1090. The standard InChI is InChI=1S/C23H31N5O2/c1-15(2)12-13-24-20(29)7-6-14-27-23(30)22-21(17(4)25-27)18(5)28(26-22)19-10-8-16(3)9-11-19/h8-11,15H,6-7,12-14H2,1-5H3,(H,24,29). The Morgan fingerprint density at radius 1 is 1.10 bits per heavy atom. The van der Waals surface area contributed by atoms with Gasteiger partial charge in [-0.3, -0.25) is 9.59 Å². The molecule has 3 rings (SSSR count). The number of fused-ring (bicyclic) bond motifs is 1. The van der Waals surface area contributed by atoms with E-state index in [0.29, 0.717) is 37.4 Å². The number of carbonyl (C=O) groups is 1. The van der Waals surface area contributed by atoms with Crippen molar-refractivity contribution in [2.24, 2.45) is 5.92 Å². The summed E-state index contributed by atoms with van der Waals surface area (Å²) in [6.45, 7) is 11.2. The van der Waals surface area contributed by atoms with Gasteiger partial charge in [-0.05, 0) is 51.7 Å². The van der Waals surface area contributed by atoms with Gasteiger partial charge in [0.1, 0.15) is 0 Å². The van der Waals surface area contributed by atoms with Crippen LogP contribution in [0.4, 0.5) is 0 Å². The third-order valence-corrected chi connectivity index (χ3v) is 5.28. The molecule has 0 unspecified atom stereocenters. The molecule has 7 nitrogen and oxygen atoms in total. The van der Waals surface area contributed by atoms with Crippen molar-refractivity contribution in [1.29, 1.82) is 0 Å². The van der Waals surface area contributed by atoms with Crippen molar-refractivity contribution in [3.63, 3.8) is 0 Å². The van der Waals surface area contributed by atoms with Crippen LogP contribution in [0.15, 0.2) is 29.1 Å². The van der Waals surface area contributed by atoms with Crippen LogP contribution < -0.4 is 10.9 Å². The van der Waals surface area contributed by atoms with Crippen molar-refractivity contribution in [2.45, 2.75) is 60.4 Å². The molecule has 160 valence electrons. The lowest BCUT2D eigenvalue weighted by Crippen LogP contribution is -2.27. The van der Waals surface area contributed by atoms with Crippen molar-refractivity contribution in [3.8, 4) is 5.69 Å². The Hall–Kier alpha value is -2.96. The fourth-order valence-corrected chi connectivity index (χ4v) is 3.55. The predicted molar refractivity (Wildman–Crippen MR) is 119 cm³/mol. The predicted octanol–water partition coefficient (Wildman–Crippen LogP) is 3.45. The maximum atomic E-state index is 13.0. The molecule has 0 bridgehead atoms. The van der Waals surface area contributed by atoms with Gasteiger partial charge in [-0.2, -0.15) is 10.2 Å². The lowest BCUT2D eigenvalue weighted by atomic mass is 10.1. The van der Waals surface area contributed by atoms with E-state index in [-0.39, 0.29) is 11.5 Å². The number of benzene rings is 1. The summed E-state index contributed by atoms with van der Waals surface area (Å²) in [5, 5.41) is 12.8. The molecule has 2 aromatic heterocycles. The number of rotatable bonds is 8. The van der Waals surface area contributed by atoms with Gasteiger partial charge in [0.2, 0.25) is 5.91 Å². The number of aromatic nitrogens is 4. The van der Waals surface area contributed by atoms with E-state index in [2.05, 4.69) is 29.4 Å². The Morgan fingerprint density at radius 2 is 1.80 bits per heavy atom. The van der Waals surface area contributed by atoms with E-state index in [4.69, 9.17) is 0 Å². The number of nitrogens with one attached hydrogen (secondary N) is 1. The summed E-state index contributed by atoms with van der Waals surface area (Å²) in [7, 11) is 0. The molecule has 0 saturated carbocycles. The van der Waals surface area contributed by atoms with Crippen LogP contribution in [0.25, 0.3) is 16.6 Å². The second kappa shape index (κ2) is 9.24. The second-order valence-electron chi connectivity index (χ2n) is 8.31. The monoisotopic (exact) mass is 409 g/mol. The Kier molecular flexibility index (Phi) is 6.70. The summed E-state index contributed by atoms with van der Waals surface area (Å²) in [6, 6.07) is 8.04. The molecular weight excluding hydrogens is 378 g/mol. The van der Waals surface area contributed by atoms with Crippen LogP contribution in [-0.2, 0) is 11.3 Å². The van der Waals surface area contributed by atoms with Gasteiger partial charge in [0.25, 0.3) is 5.56 Å². The highest BCUT2D eigenvalue weighted by atomic mass is 16.1. The second-order valence-corrected chi connectivity index (χ2v) is 8.31. The first-order valence-electron chi connectivity index (χ1n) is 10.6. The van der Waals surface area contributed by atoms with E-state index in [1.54, 1.807) is 4.68 Å². The summed E-state index contributed by atoms with van der Waals surface area (Å²) < 4.78 is 3.23. The van der Waals surface area contributed by atoms with Gasteiger partial charge in [-0.1, -0.05) is 31.5 Å². The van der Waals surface area contributed by atoms with E-state index in [1.807, 2.05) is 45.0 Å². The smallest absolute Gasteiger partial charge is 0.295 e. The van der Waals surface area contributed by atoms with Crippen LogP contribution in [0.3, 0.4) is 0 Å². The molecule has 0 aliphatic carbocycles. The summed E-state index contributed by atoms with van der Waals surface area (Å²) >= 11 is 0. The largest absolute Gasteiger partial charge is 0.356 e. The third-order valence-electron chi connectivity index (χ3n) is 5.28. The molecule has 0 aliphatic rings. The first-order chi connectivity index (χ1) is 14.3. The van der Waals surface area contributed by atoms with Gasteiger partial charge >= 0.3 is 0 Å². The first kappa shape index (κ1) is 21.7. The maximum Gasteiger partial charge on any atom is 0.295 e. The molecule has 1 amide bonds. The molecule has 0 fully saturated rings. The lowest BCUT2D eigenvalue weighted by Gasteiger charge is -2.08. The summed E-state index contributed by atoms with van der Waals surface area (Å²) in [5.41, 5.74) is 3.94. The topological polar surface area (TPSA) is 81.8 Å². The van der Waals surface area contributed by atoms with E-state index in [1.165, 1.54) is 10.2 Å². The van der Waals surface area contributed by atoms with Crippen molar-refractivity contribution < 1.29 is 4.79 Å². The Balaban J connectivity index is 1.77. The van der Waals surface area contributed by atoms with Crippen LogP contribution in [0, 0.1) is 26.7 Å². The summed E-state index contributed by atoms with van der Waals surface area (Å²) in [4.78, 5) is 25.0. The van der Waals surface area contributed by atoms with E-state index < -0.39 is 0 Å². The molecule has 3 aromatic rings. The molecule has 30 heavy (non-hydrogen) atoms. The third kappa shape index (κ3) is 4.78. The quantitative estimate of drug-likeness (QED) is 0.618. The first-order valence-corrected chi connectivity index (χ1v) is 10.6. The molecule has 0 atom stereocenters. The van der Waals surface area contributed by atoms with Gasteiger partial charge < -0.3 is 5.32 Å². The molecule has 0 aliphatic heterocycles. The van der Waals surface area contributed by atoms with Gasteiger partial charge in [-0.25, -0.2) is 9.36 Å². The number of amides is 1. The maximum absolute atomic E-state index is 13.0. The average Bonchev–Trinajstić information content (AvgIpc) is 3.04. The minimum absolute atomic E-state index is 0.0148. The van der Waals surface area contributed by atoms with Crippen LogP contribution >= 0.6 is 0 Å². The molecule has 1 N–H and O–H groups in total. The normalized spacial score (nSPS) is 11.4. The zero-order valence-electron chi connectivity index (χ0n) is 18.5. The van der Waals surface area contributed by atoms with E-state index >= 15 is 0 Å². The zero-order chi connectivity index (χ0) is 21.8. The lowest BCUT2D eigenvalue weighted by molar-refractivity contribution is -0.121. The average molecular weight is 410 g/mol. The number of aryl methyl sites for hydroxylation is 4.